The van der Waals surface area contributed by atoms with E-state index in [2.05, 4.69) is 5.32 Å². The lowest BCUT2D eigenvalue weighted by Gasteiger charge is -2.12. The van der Waals surface area contributed by atoms with E-state index in [0.29, 0.717) is 21.4 Å². The number of hydrogen-bond acceptors (Lipinski definition) is 2. The molecular formula is C13H8Cl3NO2. The molecule has 2 aromatic rings. The second kappa shape index (κ2) is 5.70. The summed E-state index contributed by atoms with van der Waals surface area (Å²) in [5.74, 6) is -1.03. The van der Waals surface area contributed by atoms with E-state index in [1.807, 2.05) is 0 Å². The van der Waals surface area contributed by atoms with Crippen LogP contribution in [0.3, 0.4) is 0 Å². The van der Waals surface area contributed by atoms with Gasteiger partial charge in [0.25, 0.3) is 0 Å². The van der Waals surface area contributed by atoms with Crippen LogP contribution in [0.1, 0.15) is 10.4 Å². The molecule has 0 fully saturated rings. The maximum absolute atomic E-state index is 11.1. The number of anilines is 2. The number of aromatic carboxylic acids is 1. The molecule has 0 unspecified atom stereocenters. The molecule has 0 amide bonds. The summed E-state index contributed by atoms with van der Waals surface area (Å²) < 4.78 is 0. The number of rotatable bonds is 3. The quantitative estimate of drug-likeness (QED) is 0.776. The maximum Gasteiger partial charge on any atom is 0.337 e. The van der Waals surface area contributed by atoms with E-state index in [1.165, 1.54) is 12.1 Å². The number of carboxylic acid groups (broad SMARTS) is 1. The fraction of sp³-hybridized carbons (Fsp3) is 0. The first kappa shape index (κ1) is 14.0. The first-order chi connectivity index (χ1) is 8.99. The molecule has 0 spiro atoms. The third-order valence-electron chi connectivity index (χ3n) is 2.42. The van der Waals surface area contributed by atoms with Gasteiger partial charge < -0.3 is 10.4 Å². The second-order valence-corrected chi connectivity index (χ2v) is 4.95. The molecule has 0 saturated heterocycles. The van der Waals surface area contributed by atoms with Gasteiger partial charge in [-0.25, -0.2) is 4.79 Å². The average molecular weight is 317 g/mol. The Morgan fingerprint density at radius 3 is 2.42 bits per heavy atom. The van der Waals surface area contributed by atoms with Gasteiger partial charge in [-0.2, -0.15) is 0 Å². The van der Waals surface area contributed by atoms with Crippen LogP contribution in [0.25, 0.3) is 0 Å². The highest BCUT2D eigenvalue weighted by atomic mass is 35.5. The molecule has 0 aromatic heterocycles. The van der Waals surface area contributed by atoms with Crippen molar-refractivity contribution >= 4 is 52.1 Å². The fourth-order valence-electron chi connectivity index (χ4n) is 1.57. The van der Waals surface area contributed by atoms with Gasteiger partial charge in [0, 0.05) is 5.02 Å². The van der Waals surface area contributed by atoms with Crippen LogP contribution in [0, 0.1) is 0 Å². The number of carbonyl (C=O) groups is 1. The molecule has 0 heterocycles. The maximum atomic E-state index is 11.1. The molecule has 0 saturated carbocycles. The van der Waals surface area contributed by atoms with E-state index >= 15 is 0 Å². The molecule has 2 aromatic carbocycles. The Morgan fingerprint density at radius 1 is 1.05 bits per heavy atom. The Kier molecular flexibility index (Phi) is 4.20. The number of halogens is 3. The number of hydrogen-bond donors (Lipinski definition) is 2. The van der Waals surface area contributed by atoms with Crippen molar-refractivity contribution in [3.05, 3.63) is 57.0 Å². The summed E-state index contributed by atoms with van der Waals surface area (Å²) in [4.78, 5) is 11.1. The van der Waals surface area contributed by atoms with Crippen molar-refractivity contribution in [1.29, 1.82) is 0 Å². The van der Waals surface area contributed by atoms with Crippen molar-refractivity contribution in [2.24, 2.45) is 0 Å². The van der Waals surface area contributed by atoms with Crippen LogP contribution < -0.4 is 5.32 Å². The zero-order valence-electron chi connectivity index (χ0n) is 9.45. The minimum atomic E-state index is -1.03. The molecule has 3 nitrogen and oxygen atoms in total. The van der Waals surface area contributed by atoms with E-state index in [-0.39, 0.29) is 10.6 Å². The molecule has 0 aliphatic heterocycles. The highest BCUT2D eigenvalue weighted by Crippen LogP contribution is 2.35. The van der Waals surface area contributed by atoms with Crippen molar-refractivity contribution in [3.8, 4) is 0 Å². The van der Waals surface area contributed by atoms with E-state index in [9.17, 15) is 4.79 Å². The summed E-state index contributed by atoms with van der Waals surface area (Å²) in [5, 5.41) is 13.0. The first-order valence-electron chi connectivity index (χ1n) is 5.23. The van der Waals surface area contributed by atoms with Crippen molar-refractivity contribution < 1.29 is 9.90 Å². The smallest absolute Gasteiger partial charge is 0.337 e. The number of para-hydroxylation sites is 1. The number of carboxylic acids is 1. The minimum Gasteiger partial charge on any atom is -0.478 e. The number of nitrogens with one attached hydrogen (secondary N) is 1. The van der Waals surface area contributed by atoms with E-state index in [4.69, 9.17) is 39.9 Å². The summed E-state index contributed by atoms with van der Waals surface area (Å²) in [5.41, 5.74) is 0.998. The third-order valence-corrected chi connectivity index (χ3v) is 3.44. The summed E-state index contributed by atoms with van der Waals surface area (Å²) >= 11 is 17.9. The lowest BCUT2D eigenvalue weighted by atomic mass is 10.1. The Hall–Kier alpha value is -1.42. The van der Waals surface area contributed by atoms with Crippen LogP contribution in [-0.4, -0.2) is 11.1 Å². The lowest BCUT2D eigenvalue weighted by Crippen LogP contribution is -2.02. The zero-order valence-corrected chi connectivity index (χ0v) is 11.7. The molecule has 0 atom stereocenters. The topological polar surface area (TPSA) is 49.3 Å². The van der Waals surface area contributed by atoms with E-state index < -0.39 is 5.97 Å². The molecule has 2 rings (SSSR count). The van der Waals surface area contributed by atoms with Crippen LogP contribution in [-0.2, 0) is 0 Å². The first-order valence-corrected chi connectivity index (χ1v) is 6.36. The highest BCUT2D eigenvalue weighted by Gasteiger charge is 2.12. The molecule has 0 aliphatic carbocycles. The van der Waals surface area contributed by atoms with E-state index in [1.54, 1.807) is 24.3 Å². The van der Waals surface area contributed by atoms with Crippen LogP contribution in [0.4, 0.5) is 11.4 Å². The van der Waals surface area contributed by atoms with Gasteiger partial charge in [-0.15, -0.1) is 0 Å². The van der Waals surface area contributed by atoms with Crippen molar-refractivity contribution in [2.45, 2.75) is 0 Å². The van der Waals surface area contributed by atoms with Crippen molar-refractivity contribution in [1.82, 2.24) is 0 Å². The standard InChI is InChI=1S/C13H8Cl3NO2/c14-7-5-9(15)12(16)11(6-7)17-10-4-2-1-3-8(10)13(18)19/h1-6,17H,(H,18,19). The highest BCUT2D eigenvalue weighted by molar-refractivity contribution is 6.45. The molecule has 0 radical (unpaired) electrons. The van der Waals surface area contributed by atoms with Gasteiger partial charge in [-0.3, -0.25) is 0 Å². The molecule has 0 aliphatic rings. The van der Waals surface area contributed by atoms with Gasteiger partial charge in [0.15, 0.2) is 0 Å². The number of benzene rings is 2. The molecule has 98 valence electrons. The average Bonchev–Trinajstić information content (AvgIpc) is 2.35. The Balaban J connectivity index is 2.45. The van der Waals surface area contributed by atoms with Gasteiger partial charge in [0.2, 0.25) is 0 Å². The minimum absolute atomic E-state index is 0.134. The van der Waals surface area contributed by atoms with Gasteiger partial charge in [-0.1, -0.05) is 46.9 Å². The molecule has 19 heavy (non-hydrogen) atoms. The van der Waals surface area contributed by atoms with Gasteiger partial charge >= 0.3 is 5.97 Å². The second-order valence-electron chi connectivity index (χ2n) is 3.72. The summed E-state index contributed by atoms with van der Waals surface area (Å²) in [6, 6.07) is 9.57. The Bertz CT molecular complexity index is 644. The van der Waals surface area contributed by atoms with Gasteiger partial charge in [0.1, 0.15) is 0 Å². The van der Waals surface area contributed by atoms with Crippen LogP contribution >= 0.6 is 34.8 Å². The largest absolute Gasteiger partial charge is 0.478 e. The SMILES string of the molecule is O=C(O)c1ccccc1Nc1cc(Cl)cc(Cl)c1Cl. The van der Waals surface area contributed by atoms with Crippen molar-refractivity contribution in [2.75, 3.05) is 5.32 Å². The van der Waals surface area contributed by atoms with Gasteiger partial charge in [0.05, 0.1) is 27.0 Å². The van der Waals surface area contributed by atoms with Crippen molar-refractivity contribution in [3.63, 3.8) is 0 Å². The van der Waals surface area contributed by atoms with Gasteiger partial charge in [-0.05, 0) is 24.3 Å². The van der Waals surface area contributed by atoms with E-state index in [0.717, 1.165) is 0 Å². The van der Waals surface area contributed by atoms with Crippen LogP contribution in [0.5, 0.6) is 0 Å². The van der Waals surface area contributed by atoms with Crippen LogP contribution in [0.2, 0.25) is 15.1 Å². The fourth-order valence-corrected chi connectivity index (χ4v) is 2.22. The Morgan fingerprint density at radius 2 is 1.74 bits per heavy atom. The predicted octanol–water partition coefficient (Wildman–Crippen LogP) is 5.09. The Labute approximate surface area is 124 Å². The molecular weight excluding hydrogens is 309 g/mol. The summed E-state index contributed by atoms with van der Waals surface area (Å²) in [7, 11) is 0. The monoisotopic (exact) mass is 315 g/mol. The summed E-state index contributed by atoms with van der Waals surface area (Å²) in [6.07, 6.45) is 0. The predicted molar refractivity (Wildman–Crippen MR) is 78.2 cm³/mol. The third kappa shape index (κ3) is 3.13. The lowest BCUT2D eigenvalue weighted by molar-refractivity contribution is 0.0698. The molecule has 0 bridgehead atoms. The van der Waals surface area contributed by atoms with Crippen LogP contribution in [0.15, 0.2) is 36.4 Å². The molecule has 2 N–H and O–H groups in total. The summed E-state index contributed by atoms with van der Waals surface area (Å²) in [6.45, 7) is 0. The molecule has 6 heteroatoms. The zero-order chi connectivity index (χ0) is 14.0. The normalized spacial score (nSPS) is 10.3.